The molecule has 0 fully saturated rings. The topological polar surface area (TPSA) is 29.9 Å². The van der Waals surface area contributed by atoms with Crippen LogP contribution in [0.25, 0.3) is 11.0 Å². The number of aromatic nitrogens is 2. The molecule has 2 aromatic rings. The molecule has 0 saturated carbocycles. The van der Waals surface area contributed by atoms with E-state index in [1.54, 1.807) is 0 Å². The van der Waals surface area contributed by atoms with Crippen LogP contribution in [-0.4, -0.2) is 15.6 Å². The lowest BCUT2D eigenvalue weighted by atomic mass is 10.2. The zero-order valence-electron chi connectivity index (χ0n) is 8.73. The maximum atomic E-state index is 5.93. The number of hydrogen-bond donors (Lipinski definition) is 1. The van der Waals surface area contributed by atoms with Gasteiger partial charge in [-0.1, -0.05) is 17.7 Å². The van der Waals surface area contributed by atoms with Crippen LogP contribution >= 0.6 is 11.6 Å². The fourth-order valence-electron chi connectivity index (χ4n) is 2.05. The first-order chi connectivity index (χ1) is 7.83. The van der Waals surface area contributed by atoms with Gasteiger partial charge in [-0.25, -0.2) is 4.98 Å². The smallest absolute Gasteiger partial charge is 0.0959 e. The van der Waals surface area contributed by atoms with Crippen LogP contribution in [0.3, 0.4) is 0 Å². The van der Waals surface area contributed by atoms with Crippen LogP contribution in [0.5, 0.6) is 0 Å². The van der Waals surface area contributed by atoms with E-state index in [4.69, 9.17) is 11.6 Å². The molecule has 3 rings (SSSR count). The Bertz CT molecular complexity index is 536. The van der Waals surface area contributed by atoms with Crippen LogP contribution in [0.1, 0.15) is 6.42 Å². The minimum Gasteiger partial charge on any atom is -0.386 e. The number of benzene rings is 1. The molecule has 1 unspecified atom stereocenters. The highest BCUT2D eigenvalue weighted by atomic mass is 35.5. The lowest BCUT2D eigenvalue weighted by Gasteiger charge is -2.12. The summed E-state index contributed by atoms with van der Waals surface area (Å²) in [5, 5.41) is 4.05. The van der Waals surface area contributed by atoms with Gasteiger partial charge in [-0.15, -0.1) is 0 Å². The number of nitrogens with zero attached hydrogens (tertiary/aromatic N) is 2. The molecule has 0 amide bonds. The molecular weight excluding hydrogens is 222 g/mol. The number of halogens is 1. The second kappa shape index (κ2) is 3.83. The normalized spacial score (nSPS) is 19.2. The summed E-state index contributed by atoms with van der Waals surface area (Å²) in [6.07, 6.45) is 7.12. The van der Waals surface area contributed by atoms with Gasteiger partial charge < -0.3 is 9.88 Å². The van der Waals surface area contributed by atoms with E-state index in [9.17, 15) is 0 Å². The predicted molar refractivity (Wildman–Crippen MR) is 65.4 cm³/mol. The van der Waals surface area contributed by atoms with Crippen molar-refractivity contribution in [3.8, 4) is 0 Å². The molecule has 0 saturated heterocycles. The molecule has 4 heteroatoms. The standard InChI is InChI=1S/C12H12ClN3/c13-9-3-4-12-11(6-9)15-8-16(12)7-10-2-1-5-14-10/h1,3-6,8,10,14H,2,7H2. The highest BCUT2D eigenvalue weighted by Gasteiger charge is 2.11. The maximum Gasteiger partial charge on any atom is 0.0959 e. The van der Waals surface area contributed by atoms with Crippen LogP contribution in [0.4, 0.5) is 0 Å². The van der Waals surface area contributed by atoms with Crippen molar-refractivity contribution in [2.75, 3.05) is 0 Å². The van der Waals surface area contributed by atoms with Gasteiger partial charge >= 0.3 is 0 Å². The van der Waals surface area contributed by atoms with Crippen molar-refractivity contribution < 1.29 is 0 Å². The highest BCUT2D eigenvalue weighted by Crippen LogP contribution is 2.19. The first-order valence-electron chi connectivity index (χ1n) is 5.34. The largest absolute Gasteiger partial charge is 0.386 e. The highest BCUT2D eigenvalue weighted by molar-refractivity contribution is 6.31. The Morgan fingerprint density at radius 3 is 3.25 bits per heavy atom. The minimum atomic E-state index is 0.480. The Hall–Kier alpha value is -1.48. The zero-order chi connectivity index (χ0) is 11.0. The van der Waals surface area contributed by atoms with Crippen molar-refractivity contribution in [2.45, 2.75) is 19.0 Å². The first-order valence-corrected chi connectivity index (χ1v) is 5.72. The number of imidazole rings is 1. The van der Waals surface area contributed by atoms with Gasteiger partial charge in [0.2, 0.25) is 0 Å². The number of fused-ring (bicyclic) bond motifs is 1. The van der Waals surface area contributed by atoms with Gasteiger partial charge in [-0.05, 0) is 30.8 Å². The third-order valence-corrected chi connectivity index (χ3v) is 3.11. The Kier molecular flexibility index (Phi) is 2.33. The number of nitrogens with one attached hydrogen (secondary N) is 1. The molecule has 0 bridgehead atoms. The molecule has 1 N–H and O–H groups in total. The second-order valence-corrected chi connectivity index (χ2v) is 4.47. The average Bonchev–Trinajstić information content (AvgIpc) is 2.89. The van der Waals surface area contributed by atoms with Crippen molar-refractivity contribution in [1.82, 2.24) is 14.9 Å². The molecule has 1 aliphatic heterocycles. The molecular formula is C12H12ClN3. The fourth-order valence-corrected chi connectivity index (χ4v) is 2.22. The Balaban J connectivity index is 1.92. The van der Waals surface area contributed by atoms with E-state index < -0.39 is 0 Å². The summed E-state index contributed by atoms with van der Waals surface area (Å²) in [5.41, 5.74) is 2.09. The average molecular weight is 234 g/mol. The molecule has 16 heavy (non-hydrogen) atoms. The number of rotatable bonds is 2. The second-order valence-electron chi connectivity index (χ2n) is 4.03. The van der Waals surface area contributed by atoms with E-state index in [0.717, 1.165) is 29.0 Å². The van der Waals surface area contributed by atoms with Gasteiger partial charge in [-0.3, -0.25) is 0 Å². The third-order valence-electron chi connectivity index (χ3n) is 2.87. The monoisotopic (exact) mass is 233 g/mol. The Morgan fingerprint density at radius 1 is 1.50 bits per heavy atom. The van der Waals surface area contributed by atoms with Crippen molar-refractivity contribution in [1.29, 1.82) is 0 Å². The third kappa shape index (κ3) is 1.67. The Morgan fingerprint density at radius 2 is 2.44 bits per heavy atom. The van der Waals surface area contributed by atoms with Crippen LogP contribution < -0.4 is 5.32 Å². The van der Waals surface area contributed by atoms with E-state index in [0.29, 0.717) is 6.04 Å². The molecule has 2 heterocycles. The maximum absolute atomic E-state index is 5.93. The van der Waals surface area contributed by atoms with Gasteiger partial charge in [0.25, 0.3) is 0 Å². The van der Waals surface area contributed by atoms with Crippen LogP contribution in [0.2, 0.25) is 5.02 Å². The van der Waals surface area contributed by atoms with Crippen LogP contribution in [0.15, 0.2) is 36.8 Å². The molecule has 1 aromatic heterocycles. The molecule has 0 radical (unpaired) electrons. The van der Waals surface area contributed by atoms with E-state index >= 15 is 0 Å². The van der Waals surface area contributed by atoms with Crippen LogP contribution in [-0.2, 0) is 6.54 Å². The predicted octanol–water partition coefficient (Wildman–Crippen LogP) is 2.57. The molecule has 1 aliphatic rings. The minimum absolute atomic E-state index is 0.480. The van der Waals surface area contributed by atoms with Gasteiger partial charge in [0.05, 0.1) is 17.4 Å². The summed E-state index contributed by atoms with van der Waals surface area (Å²) in [5.74, 6) is 0. The van der Waals surface area contributed by atoms with E-state index in [1.165, 1.54) is 0 Å². The summed E-state index contributed by atoms with van der Waals surface area (Å²) in [4.78, 5) is 4.35. The summed E-state index contributed by atoms with van der Waals surface area (Å²) in [7, 11) is 0. The van der Waals surface area contributed by atoms with Gasteiger partial charge in [0.1, 0.15) is 0 Å². The van der Waals surface area contributed by atoms with Crippen molar-refractivity contribution in [3.63, 3.8) is 0 Å². The lowest BCUT2D eigenvalue weighted by Crippen LogP contribution is -2.24. The van der Waals surface area contributed by atoms with Crippen molar-refractivity contribution in [3.05, 3.63) is 41.8 Å². The van der Waals surface area contributed by atoms with Crippen molar-refractivity contribution >= 4 is 22.6 Å². The lowest BCUT2D eigenvalue weighted by molar-refractivity contribution is 0.530. The number of hydrogen-bond acceptors (Lipinski definition) is 2. The van der Waals surface area contributed by atoms with Crippen molar-refractivity contribution in [2.24, 2.45) is 0 Å². The van der Waals surface area contributed by atoms with E-state index in [1.807, 2.05) is 30.7 Å². The van der Waals surface area contributed by atoms with Crippen LogP contribution in [0, 0.1) is 0 Å². The SMILES string of the molecule is Clc1ccc2c(c1)ncn2CC1CC=CN1. The molecule has 1 aromatic carbocycles. The quantitative estimate of drug-likeness (QED) is 0.864. The molecule has 0 spiro atoms. The summed E-state index contributed by atoms with van der Waals surface area (Å²) in [6, 6.07) is 6.30. The molecule has 0 aliphatic carbocycles. The van der Waals surface area contributed by atoms with E-state index in [-0.39, 0.29) is 0 Å². The van der Waals surface area contributed by atoms with Gasteiger partial charge in [0.15, 0.2) is 0 Å². The fraction of sp³-hybridized carbons (Fsp3) is 0.250. The summed E-state index contributed by atoms with van der Waals surface area (Å²) < 4.78 is 2.16. The molecule has 82 valence electrons. The summed E-state index contributed by atoms with van der Waals surface area (Å²) in [6.45, 7) is 0.936. The molecule has 1 atom stereocenters. The van der Waals surface area contributed by atoms with E-state index in [2.05, 4.69) is 20.9 Å². The summed E-state index contributed by atoms with van der Waals surface area (Å²) >= 11 is 5.93. The molecule has 3 nitrogen and oxygen atoms in total. The zero-order valence-corrected chi connectivity index (χ0v) is 9.48. The Labute approximate surface area is 98.7 Å². The first kappa shape index (κ1) is 9.73. The van der Waals surface area contributed by atoms with Gasteiger partial charge in [-0.2, -0.15) is 0 Å². The van der Waals surface area contributed by atoms with Gasteiger partial charge in [0, 0.05) is 17.6 Å².